The molecule has 1 saturated heterocycles. The number of rotatable bonds is 8. The highest BCUT2D eigenvalue weighted by Gasteiger charge is 2.29. The van der Waals surface area contributed by atoms with E-state index in [1.807, 2.05) is 35.5 Å². The van der Waals surface area contributed by atoms with Gasteiger partial charge >= 0.3 is 0 Å². The molecule has 6 heteroatoms. The summed E-state index contributed by atoms with van der Waals surface area (Å²) >= 11 is 1.67. The van der Waals surface area contributed by atoms with E-state index in [-0.39, 0.29) is 17.7 Å². The van der Waals surface area contributed by atoms with Gasteiger partial charge < -0.3 is 10.2 Å². The lowest BCUT2D eigenvalue weighted by Crippen LogP contribution is -2.46. The molecule has 0 saturated carbocycles. The van der Waals surface area contributed by atoms with Crippen molar-refractivity contribution >= 4 is 23.2 Å². The molecule has 1 aliphatic rings. The quantitative estimate of drug-likeness (QED) is 0.711. The summed E-state index contributed by atoms with van der Waals surface area (Å²) in [6.07, 6.45) is 3.81. The molecule has 5 nitrogen and oxygen atoms in total. The van der Waals surface area contributed by atoms with E-state index < -0.39 is 0 Å². The highest BCUT2D eigenvalue weighted by molar-refractivity contribution is 7.09. The summed E-state index contributed by atoms with van der Waals surface area (Å²) in [5.74, 6) is 0.146. The zero-order valence-corrected chi connectivity index (χ0v) is 16.6. The third kappa shape index (κ3) is 5.63. The highest BCUT2D eigenvalue weighted by atomic mass is 32.1. The van der Waals surface area contributed by atoms with Crippen molar-refractivity contribution in [3.8, 4) is 0 Å². The first-order valence-corrected chi connectivity index (χ1v) is 10.5. The van der Waals surface area contributed by atoms with Crippen LogP contribution in [-0.4, -0.2) is 41.3 Å². The maximum absolute atomic E-state index is 12.5. The first-order valence-electron chi connectivity index (χ1n) is 9.62. The molecule has 1 aliphatic heterocycles. The van der Waals surface area contributed by atoms with Crippen LogP contribution >= 0.6 is 11.3 Å². The second-order valence-corrected chi connectivity index (χ2v) is 8.01. The van der Waals surface area contributed by atoms with Gasteiger partial charge in [0.05, 0.1) is 17.1 Å². The molecule has 27 heavy (non-hydrogen) atoms. The van der Waals surface area contributed by atoms with E-state index in [1.165, 1.54) is 10.4 Å². The van der Waals surface area contributed by atoms with Crippen LogP contribution in [0.15, 0.2) is 35.8 Å². The molecular formula is C21H27N3O2S. The fourth-order valence-electron chi connectivity index (χ4n) is 3.42. The molecular weight excluding hydrogens is 358 g/mol. The van der Waals surface area contributed by atoms with Crippen LogP contribution in [0.4, 0.5) is 0 Å². The first kappa shape index (κ1) is 19.5. The third-order valence-corrected chi connectivity index (χ3v) is 6.10. The number of aryl methyl sites for hydroxylation is 2. The van der Waals surface area contributed by atoms with Crippen molar-refractivity contribution in [3.63, 3.8) is 0 Å². The molecule has 2 aromatic rings. The summed E-state index contributed by atoms with van der Waals surface area (Å²) in [5.41, 5.74) is 4.17. The van der Waals surface area contributed by atoms with E-state index in [1.54, 1.807) is 11.3 Å². The van der Waals surface area contributed by atoms with Gasteiger partial charge in [-0.25, -0.2) is 4.98 Å². The predicted molar refractivity (Wildman–Crippen MR) is 108 cm³/mol. The minimum absolute atomic E-state index is 0.0771. The van der Waals surface area contributed by atoms with Crippen molar-refractivity contribution in [1.82, 2.24) is 15.2 Å². The maximum atomic E-state index is 12.5. The van der Waals surface area contributed by atoms with Crippen molar-refractivity contribution in [2.75, 3.05) is 19.6 Å². The highest BCUT2D eigenvalue weighted by Crippen LogP contribution is 2.19. The predicted octanol–water partition coefficient (Wildman–Crippen LogP) is 2.98. The fraction of sp³-hybridized carbons (Fsp3) is 0.476. The van der Waals surface area contributed by atoms with Gasteiger partial charge in [0.1, 0.15) is 0 Å². The number of carbonyl (C=O) groups excluding carboxylic acids is 2. The number of carbonyl (C=O) groups is 2. The van der Waals surface area contributed by atoms with Crippen molar-refractivity contribution in [3.05, 3.63) is 52.0 Å². The monoisotopic (exact) mass is 385 g/mol. The Labute approximate surface area is 164 Å². The van der Waals surface area contributed by atoms with Gasteiger partial charge in [0.15, 0.2) is 0 Å². The molecule has 2 heterocycles. The molecule has 0 spiro atoms. The van der Waals surface area contributed by atoms with Crippen molar-refractivity contribution in [2.24, 2.45) is 5.92 Å². The topological polar surface area (TPSA) is 62.3 Å². The van der Waals surface area contributed by atoms with Crippen LogP contribution in [0, 0.1) is 12.8 Å². The number of nitrogens with zero attached hydrogens (tertiary/aromatic N) is 2. The van der Waals surface area contributed by atoms with Crippen LogP contribution in [-0.2, 0) is 22.4 Å². The molecule has 3 rings (SSSR count). The minimum Gasteiger partial charge on any atom is -0.356 e. The number of aromatic nitrogens is 1. The molecule has 0 bridgehead atoms. The Hall–Kier alpha value is -2.21. The first-order chi connectivity index (χ1) is 13.1. The fourth-order valence-corrected chi connectivity index (χ4v) is 4.25. The van der Waals surface area contributed by atoms with Gasteiger partial charge in [-0.05, 0) is 38.2 Å². The Morgan fingerprint density at radius 3 is 2.85 bits per heavy atom. The van der Waals surface area contributed by atoms with Gasteiger partial charge in [-0.1, -0.05) is 30.3 Å². The number of hydrogen-bond acceptors (Lipinski definition) is 4. The molecule has 0 radical (unpaired) electrons. The van der Waals surface area contributed by atoms with Gasteiger partial charge in [-0.3, -0.25) is 9.59 Å². The lowest BCUT2D eigenvalue weighted by atomic mass is 9.96. The zero-order chi connectivity index (χ0) is 19.1. The Morgan fingerprint density at radius 2 is 2.11 bits per heavy atom. The summed E-state index contributed by atoms with van der Waals surface area (Å²) in [4.78, 5) is 32.1. The standard InChI is InChI=1S/C21H27N3O2S/c1-16-19(27-15-23-16)8-5-12-22-21(26)18-9-10-20(25)24(14-18)13-11-17-6-3-2-4-7-17/h2-4,6-7,15,18H,5,8-14H2,1H3,(H,22,26). The van der Waals surface area contributed by atoms with Crippen molar-refractivity contribution < 1.29 is 9.59 Å². The summed E-state index contributed by atoms with van der Waals surface area (Å²) in [6, 6.07) is 10.2. The Balaban J connectivity index is 1.41. The van der Waals surface area contributed by atoms with E-state index in [9.17, 15) is 9.59 Å². The van der Waals surface area contributed by atoms with Gasteiger partial charge in [-0.2, -0.15) is 0 Å². The van der Waals surface area contributed by atoms with Crippen LogP contribution in [0.1, 0.15) is 35.4 Å². The van der Waals surface area contributed by atoms with Crippen molar-refractivity contribution in [2.45, 2.75) is 39.0 Å². The molecule has 1 atom stereocenters. The molecule has 1 N–H and O–H groups in total. The van der Waals surface area contributed by atoms with Gasteiger partial charge in [-0.15, -0.1) is 11.3 Å². The number of benzene rings is 1. The van der Waals surface area contributed by atoms with E-state index in [0.717, 1.165) is 25.0 Å². The summed E-state index contributed by atoms with van der Waals surface area (Å²) in [7, 11) is 0. The molecule has 2 amide bonds. The van der Waals surface area contributed by atoms with E-state index in [4.69, 9.17) is 0 Å². The Bertz CT molecular complexity index is 760. The molecule has 1 aromatic heterocycles. The van der Waals surface area contributed by atoms with Gasteiger partial charge in [0, 0.05) is 30.9 Å². The third-order valence-electron chi connectivity index (χ3n) is 5.11. The van der Waals surface area contributed by atoms with Gasteiger partial charge in [0.2, 0.25) is 11.8 Å². The number of amides is 2. The van der Waals surface area contributed by atoms with E-state index in [0.29, 0.717) is 32.5 Å². The molecule has 1 aromatic carbocycles. The summed E-state index contributed by atoms with van der Waals surface area (Å²) in [5, 5.41) is 3.05. The second kappa shape index (κ2) is 9.65. The van der Waals surface area contributed by atoms with Crippen LogP contribution in [0.25, 0.3) is 0 Å². The zero-order valence-electron chi connectivity index (χ0n) is 15.8. The Morgan fingerprint density at radius 1 is 1.30 bits per heavy atom. The molecule has 0 aliphatic carbocycles. The summed E-state index contributed by atoms with van der Waals surface area (Å²) < 4.78 is 0. The number of hydrogen-bond donors (Lipinski definition) is 1. The van der Waals surface area contributed by atoms with Crippen LogP contribution in [0.5, 0.6) is 0 Å². The smallest absolute Gasteiger partial charge is 0.224 e. The van der Waals surface area contributed by atoms with Crippen LogP contribution in [0.2, 0.25) is 0 Å². The average molecular weight is 386 g/mol. The van der Waals surface area contributed by atoms with Crippen LogP contribution < -0.4 is 5.32 Å². The molecule has 1 fully saturated rings. The van der Waals surface area contributed by atoms with Gasteiger partial charge in [0.25, 0.3) is 0 Å². The lowest BCUT2D eigenvalue weighted by molar-refractivity contribution is -0.138. The molecule has 144 valence electrons. The van der Waals surface area contributed by atoms with Crippen molar-refractivity contribution in [1.29, 1.82) is 0 Å². The number of piperidine rings is 1. The number of likely N-dealkylation sites (tertiary alicyclic amines) is 1. The second-order valence-electron chi connectivity index (χ2n) is 7.07. The largest absolute Gasteiger partial charge is 0.356 e. The normalized spacial score (nSPS) is 17.1. The summed E-state index contributed by atoms with van der Waals surface area (Å²) in [6.45, 7) is 3.90. The lowest BCUT2D eigenvalue weighted by Gasteiger charge is -2.32. The molecule has 1 unspecified atom stereocenters. The maximum Gasteiger partial charge on any atom is 0.224 e. The van der Waals surface area contributed by atoms with E-state index >= 15 is 0 Å². The van der Waals surface area contributed by atoms with E-state index in [2.05, 4.69) is 22.4 Å². The average Bonchev–Trinajstić information content (AvgIpc) is 3.10. The number of thiazole rings is 1. The number of nitrogens with one attached hydrogen (secondary N) is 1. The Kier molecular flexibility index (Phi) is 6.98. The SMILES string of the molecule is Cc1ncsc1CCCNC(=O)C1CCC(=O)N(CCc2ccccc2)C1. The minimum atomic E-state index is -0.0939. The van der Waals surface area contributed by atoms with Crippen LogP contribution in [0.3, 0.4) is 0 Å².